The molecule has 0 radical (unpaired) electrons. The minimum absolute atomic E-state index is 0. The third-order valence-electron chi connectivity index (χ3n) is 10.7. The molecule has 0 fully saturated rings. The molecule has 7 heteroatoms. The molecule has 0 amide bonds. The first-order chi connectivity index (χ1) is 25.6. The number of hydrogen-bond acceptors (Lipinski definition) is 5. The van der Waals surface area contributed by atoms with Crippen molar-refractivity contribution in [3.05, 3.63) is 108 Å². The molecule has 2 heterocycles. The Bertz CT molecular complexity index is 2230. The number of benzene rings is 4. The Morgan fingerprint density at radius 2 is 1.31 bits per heavy atom. The van der Waals surface area contributed by atoms with Gasteiger partial charge in [-0.1, -0.05) is 86.4 Å². The van der Waals surface area contributed by atoms with E-state index in [1.807, 2.05) is 0 Å². The van der Waals surface area contributed by atoms with Gasteiger partial charge in [-0.3, -0.25) is 9.59 Å². The van der Waals surface area contributed by atoms with Crippen molar-refractivity contribution in [1.29, 1.82) is 0 Å². The molecule has 0 N–H and O–H groups in total. The zero-order chi connectivity index (χ0) is 37.6. The third-order valence-corrected chi connectivity index (χ3v) is 10.7. The quantitative estimate of drug-likeness (QED) is 0.0651. The maximum Gasteiger partial charge on any atom is 0.306 e. The number of nitrogens with zero attached hydrogens (tertiary/aromatic N) is 2. The number of rotatable bonds is 14. The molecule has 54 heavy (non-hydrogen) atoms. The maximum atomic E-state index is 12.2. The van der Waals surface area contributed by atoms with Gasteiger partial charge in [-0.2, -0.15) is 4.58 Å². The molecule has 278 valence electrons. The van der Waals surface area contributed by atoms with Crippen LogP contribution in [0.15, 0.2) is 96.7 Å². The van der Waals surface area contributed by atoms with Crippen molar-refractivity contribution in [1.82, 2.24) is 0 Å². The summed E-state index contributed by atoms with van der Waals surface area (Å²) in [4.78, 5) is 26.8. The van der Waals surface area contributed by atoms with Gasteiger partial charge in [-0.05, 0) is 78.4 Å². The van der Waals surface area contributed by atoms with E-state index in [1.54, 1.807) is 0 Å². The molecule has 0 aromatic heterocycles. The van der Waals surface area contributed by atoms with Crippen LogP contribution in [-0.2, 0) is 29.9 Å². The second kappa shape index (κ2) is 17.4. The summed E-state index contributed by atoms with van der Waals surface area (Å²) in [6, 6.07) is 26.1. The predicted octanol–water partition coefficient (Wildman–Crippen LogP) is 6.30. The number of esters is 2. The van der Waals surface area contributed by atoms with Gasteiger partial charge in [0.15, 0.2) is 18.9 Å². The Morgan fingerprint density at radius 3 is 1.94 bits per heavy atom. The Hall–Kier alpha value is -5.11. The van der Waals surface area contributed by atoms with Crippen LogP contribution in [0.2, 0.25) is 0 Å². The van der Waals surface area contributed by atoms with Gasteiger partial charge in [0.05, 0.1) is 5.41 Å². The summed E-state index contributed by atoms with van der Waals surface area (Å²) in [6.45, 7) is 10.8. The standard InChI is InChI=1S/C47H49N2O4.BrH/c1-7-32-52-42(50)24-13-15-30-48-38-28-26-34-18-9-11-20-36(34)44(38)46(3,4)40(48)22-17-23-41-47(5,6)45-37-21-12-10-19-35(37)27-29-39(45)49(41)31-16-14-25-43(51)53-33-8-2;/h1-2,9-12,17-23,26-29H,13-16,24-25,30-33H2,3-6H3;1H/q+1;/p-1. The number of ether oxygens (including phenoxy) is 2. The monoisotopic (exact) mass is 784 g/mol. The van der Waals surface area contributed by atoms with Crippen LogP contribution < -0.4 is 21.9 Å². The fraction of sp³-hybridized carbons (Fsp3) is 0.340. The van der Waals surface area contributed by atoms with E-state index in [2.05, 4.69) is 140 Å². The van der Waals surface area contributed by atoms with Gasteiger partial charge in [0, 0.05) is 60.3 Å². The number of carbonyl (C=O) groups excluding carboxylic acids is 2. The number of halogens is 1. The van der Waals surface area contributed by atoms with Crippen LogP contribution in [0.1, 0.15) is 77.3 Å². The van der Waals surface area contributed by atoms with Gasteiger partial charge in [0.25, 0.3) is 0 Å². The topological polar surface area (TPSA) is 58.8 Å². The first-order valence-electron chi connectivity index (χ1n) is 18.6. The maximum absolute atomic E-state index is 12.2. The lowest BCUT2D eigenvalue weighted by Crippen LogP contribution is -3.00. The number of fused-ring (bicyclic) bond motifs is 6. The van der Waals surface area contributed by atoms with Crippen LogP contribution >= 0.6 is 0 Å². The molecule has 0 spiro atoms. The summed E-state index contributed by atoms with van der Waals surface area (Å²) >= 11 is 0. The summed E-state index contributed by atoms with van der Waals surface area (Å²) in [5, 5.41) is 4.96. The van der Waals surface area contributed by atoms with E-state index in [4.69, 9.17) is 22.3 Å². The zero-order valence-electron chi connectivity index (χ0n) is 31.8. The lowest BCUT2D eigenvalue weighted by Gasteiger charge is -2.27. The van der Waals surface area contributed by atoms with Crippen LogP contribution in [0, 0.1) is 24.7 Å². The highest BCUT2D eigenvalue weighted by Crippen LogP contribution is 2.51. The molecule has 0 unspecified atom stereocenters. The zero-order valence-corrected chi connectivity index (χ0v) is 33.4. The van der Waals surface area contributed by atoms with Gasteiger partial charge < -0.3 is 31.4 Å². The number of unbranched alkanes of at least 4 members (excludes halogenated alkanes) is 2. The predicted molar refractivity (Wildman–Crippen MR) is 216 cm³/mol. The fourth-order valence-electron chi connectivity index (χ4n) is 8.25. The van der Waals surface area contributed by atoms with Crippen molar-refractivity contribution in [2.24, 2.45) is 0 Å². The number of anilines is 1. The van der Waals surface area contributed by atoms with Crippen LogP contribution in [0.3, 0.4) is 0 Å². The largest absolute Gasteiger partial charge is 1.00 e. The lowest BCUT2D eigenvalue weighted by molar-refractivity contribution is -0.438. The highest BCUT2D eigenvalue weighted by Gasteiger charge is 2.45. The van der Waals surface area contributed by atoms with Crippen molar-refractivity contribution in [3.63, 3.8) is 0 Å². The Balaban J connectivity index is 0.00000561. The molecular formula is C47H49BrN2O4. The first kappa shape index (κ1) is 40.1. The summed E-state index contributed by atoms with van der Waals surface area (Å²) < 4.78 is 12.7. The van der Waals surface area contributed by atoms with E-state index < -0.39 is 0 Å². The summed E-state index contributed by atoms with van der Waals surface area (Å²) in [5.74, 6) is 4.22. The second-order valence-corrected chi connectivity index (χ2v) is 14.9. The molecule has 0 bridgehead atoms. The molecule has 6 rings (SSSR count). The Labute approximate surface area is 330 Å². The van der Waals surface area contributed by atoms with Crippen LogP contribution in [0.25, 0.3) is 21.5 Å². The highest BCUT2D eigenvalue weighted by atomic mass is 79.9. The van der Waals surface area contributed by atoms with Gasteiger partial charge in [-0.15, -0.1) is 12.8 Å². The molecule has 0 atom stereocenters. The SMILES string of the molecule is C#CCOC(=O)CCCCN1/C(=C\C=C\C2=[N+](CCCCC(=O)OCC#C)c3ccc4ccccc4c3C2(C)C)C(C)(C)c2c1ccc1ccccc21.[Br-]. The minimum atomic E-state index is -0.269. The van der Waals surface area contributed by atoms with Gasteiger partial charge in [-0.25, -0.2) is 0 Å². The number of allylic oxidation sites excluding steroid dienone is 4. The van der Waals surface area contributed by atoms with Crippen LogP contribution in [0.4, 0.5) is 11.4 Å². The van der Waals surface area contributed by atoms with Gasteiger partial charge in [0.1, 0.15) is 6.54 Å². The smallest absolute Gasteiger partial charge is 0.306 e. The van der Waals surface area contributed by atoms with Crippen LogP contribution in [-0.4, -0.2) is 48.5 Å². The second-order valence-electron chi connectivity index (χ2n) is 14.9. The van der Waals surface area contributed by atoms with Crippen molar-refractivity contribution in [3.8, 4) is 24.7 Å². The molecule has 4 aromatic carbocycles. The minimum Gasteiger partial charge on any atom is -1.00 e. The molecule has 4 aromatic rings. The number of terminal acetylenes is 2. The lowest BCUT2D eigenvalue weighted by atomic mass is 9.79. The van der Waals surface area contributed by atoms with Crippen molar-refractivity contribution < 1.29 is 40.6 Å². The normalized spacial score (nSPS) is 15.9. The van der Waals surface area contributed by atoms with Gasteiger partial charge in [0.2, 0.25) is 5.69 Å². The molecule has 0 aliphatic carbocycles. The molecular weight excluding hydrogens is 736 g/mol. The highest BCUT2D eigenvalue weighted by molar-refractivity contribution is 6.07. The van der Waals surface area contributed by atoms with E-state index in [9.17, 15) is 9.59 Å². The fourth-order valence-corrected chi connectivity index (χ4v) is 8.25. The van der Waals surface area contributed by atoms with E-state index in [0.29, 0.717) is 25.7 Å². The summed E-state index contributed by atoms with van der Waals surface area (Å²) in [6.07, 6.45) is 21.1. The molecule has 2 aliphatic heterocycles. The van der Waals surface area contributed by atoms with Crippen LogP contribution in [0.5, 0.6) is 0 Å². The summed E-state index contributed by atoms with van der Waals surface area (Å²) in [7, 11) is 0. The first-order valence-corrected chi connectivity index (χ1v) is 18.6. The molecule has 2 aliphatic rings. The van der Waals surface area contributed by atoms with Gasteiger partial charge >= 0.3 is 11.9 Å². The number of carbonyl (C=O) groups is 2. The van der Waals surface area contributed by atoms with Crippen molar-refractivity contribution >= 4 is 50.6 Å². The molecule has 0 saturated heterocycles. The molecule has 0 saturated carbocycles. The Kier molecular flexibility index (Phi) is 12.9. The van der Waals surface area contributed by atoms with E-state index in [-0.39, 0.29) is 53.0 Å². The summed E-state index contributed by atoms with van der Waals surface area (Å²) in [5.41, 5.74) is 6.94. The average Bonchev–Trinajstić information content (AvgIpc) is 3.51. The van der Waals surface area contributed by atoms with Crippen molar-refractivity contribution in [2.75, 3.05) is 31.2 Å². The molecule has 6 nitrogen and oxygen atoms in total. The number of hydrogen-bond donors (Lipinski definition) is 0. The Morgan fingerprint density at radius 1 is 0.741 bits per heavy atom. The van der Waals surface area contributed by atoms with Crippen molar-refractivity contribution in [2.45, 2.75) is 77.0 Å². The van der Waals surface area contributed by atoms with E-state index in [0.717, 1.165) is 25.9 Å². The van der Waals surface area contributed by atoms with E-state index >= 15 is 0 Å². The van der Waals surface area contributed by atoms with E-state index in [1.165, 1.54) is 55.5 Å². The third kappa shape index (κ3) is 8.03. The average molecular weight is 786 g/mol.